The zero-order chi connectivity index (χ0) is 15.5. The molecule has 0 aliphatic carbocycles. The second-order valence-corrected chi connectivity index (χ2v) is 6.14. The smallest absolute Gasteiger partial charge is 0.347 e. The van der Waals surface area contributed by atoms with Gasteiger partial charge < -0.3 is 19.5 Å². The average molecular weight is 293 g/mol. The van der Waals surface area contributed by atoms with E-state index in [4.69, 9.17) is 14.2 Å². The van der Waals surface area contributed by atoms with Crippen molar-refractivity contribution in [2.45, 2.75) is 45.4 Å². The minimum absolute atomic E-state index is 0.00731. The highest BCUT2D eigenvalue weighted by molar-refractivity contribution is 5.76. The van der Waals surface area contributed by atoms with E-state index in [0.717, 1.165) is 11.3 Å². The van der Waals surface area contributed by atoms with Crippen molar-refractivity contribution in [3.8, 4) is 11.5 Å². The minimum atomic E-state index is -0.508. The lowest BCUT2D eigenvalue weighted by Gasteiger charge is -2.22. The van der Waals surface area contributed by atoms with Crippen LogP contribution in [0, 0.1) is 0 Å². The molecule has 1 fully saturated rings. The molecule has 1 unspecified atom stereocenters. The Labute approximate surface area is 125 Å². The van der Waals surface area contributed by atoms with E-state index in [1.807, 2.05) is 18.2 Å². The Kier molecular flexibility index (Phi) is 4.73. The van der Waals surface area contributed by atoms with Crippen LogP contribution >= 0.6 is 0 Å². The second-order valence-electron chi connectivity index (χ2n) is 6.14. The van der Waals surface area contributed by atoms with Crippen molar-refractivity contribution in [3.63, 3.8) is 0 Å². The molecule has 1 atom stereocenters. The number of carbonyl (C=O) groups is 1. The summed E-state index contributed by atoms with van der Waals surface area (Å²) in [7, 11) is 1.63. The van der Waals surface area contributed by atoms with Crippen LogP contribution < -0.4 is 14.8 Å². The van der Waals surface area contributed by atoms with Gasteiger partial charge in [-0.05, 0) is 39.0 Å². The summed E-state index contributed by atoms with van der Waals surface area (Å²) in [6, 6.07) is 5.59. The van der Waals surface area contributed by atoms with Crippen molar-refractivity contribution in [2.75, 3.05) is 13.7 Å². The lowest BCUT2D eigenvalue weighted by molar-refractivity contribution is -0.143. The Morgan fingerprint density at radius 2 is 2.14 bits per heavy atom. The second kappa shape index (κ2) is 6.35. The van der Waals surface area contributed by atoms with Gasteiger partial charge >= 0.3 is 5.97 Å². The van der Waals surface area contributed by atoms with Gasteiger partial charge in [0.1, 0.15) is 11.5 Å². The number of methoxy groups -OCH3 is 1. The van der Waals surface area contributed by atoms with Gasteiger partial charge in [-0.15, -0.1) is 0 Å². The van der Waals surface area contributed by atoms with Gasteiger partial charge in [-0.25, -0.2) is 4.79 Å². The summed E-state index contributed by atoms with van der Waals surface area (Å²) in [6.07, 6.45) is 0.0866. The van der Waals surface area contributed by atoms with E-state index in [0.29, 0.717) is 25.3 Å². The fourth-order valence-electron chi connectivity index (χ4n) is 2.03. The third kappa shape index (κ3) is 4.36. The first kappa shape index (κ1) is 15.6. The maximum Gasteiger partial charge on any atom is 0.347 e. The van der Waals surface area contributed by atoms with E-state index in [2.05, 4.69) is 26.1 Å². The molecule has 1 aromatic rings. The van der Waals surface area contributed by atoms with Gasteiger partial charge in [-0.1, -0.05) is 0 Å². The minimum Gasteiger partial charge on any atom is -0.497 e. The summed E-state index contributed by atoms with van der Waals surface area (Å²) in [5, 5.41) is 3.41. The molecule has 0 radical (unpaired) electrons. The Bertz CT molecular complexity index is 507. The Morgan fingerprint density at radius 1 is 1.38 bits per heavy atom. The molecular weight excluding hydrogens is 270 g/mol. The molecular formula is C16H23NO4. The SMILES string of the molecule is COc1ccc(OC2CCOC2=O)c(CNC(C)(C)C)c1. The lowest BCUT2D eigenvalue weighted by Crippen LogP contribution is -2.35. The highest BCUT2D eigenvalue weighted by Crippen LogP contribution is 2.27. The fraction of sp³-hybridized carbons (Fsp3) is 0.562. The molecule has 0 aromatic heterocycles. The molecule has 1 aromatic carbocycles. The molecule has 5 nitrogen and oxygen atoms in total. The first-order chi connectivity index (χ1) is 9.89. The Hall–Kier alpha value is -1.75. The van der Waals surface area contributed by atoms with Crippen LogP contribution in [-0.2, 0) is 16.1 Å². The monoisotopic (exact) mass is 293 g/mol. The highest BCUT2D eigenvalue weighted by atomic mass is 16.6. The van der Waals surface area contributed by atoms with Crippen molar-refractivity contribution in [1.29, 1.82) is 0 Å². The number of hydrogen-bond acceptors (Lipinski definition) is 5. The van der Waals surface area contributed by atoms with Crippen molar-refractivity contribution < 1.29 is 19.0 Å². The van der Waals surface area contributed by atoms with Gasteiger partial charge in [0.05, 0.1) is 13.7 Å². The van der Waals surface area contributed by atoms with Crippen LogP contribution in [0.15, 0.2) is 18.2 Å². The van der Waals surface area contributed by atoms with Crippen LogP contribution in [0.2, 0.25) is 0 Å². The predicted molar refractivity (Wildman–Crippen MR) is 79.6 cm³/mol. The topological polar surface area (TPSA) is 56.8 Å². The Balaban J connectivity index is 2.16. The first-order valence-electron chi connectivity index (χ1n) is 7.14. The summed E-state index contributed by atoms with van der Waals surface area (Å²) in [4.78, 5) is 11.5. The quantitative estimate of drug-likeness (QED) is 0.844. The molecule has 1 aliphatic rings. The average Bonchev–Trinajstić information content (AvgIpc) is 2.82. The number of rotatable bonds is 5. The molecule has 0 saturated carbocycles. The van der Waals surface area contributed by atoms with Gasteiger partial charge in [0.2, 0.25) is 0 Å². The summed E-state index contributed by atoms with van der Waals surface area (Å²) >= 11 is 0. The number of cyclic esters (lactones) is 1. The zero-order valence-corrected chi connectivity index (χ0v) is 13.1. The normalized spacial score (nSPS) is 18.5. The fourth-order valence-corrected chi connectivity index (χ4v) is 2.03. The molecule has 0 bridgehead atoms. The van der Waals surface area contributed by atoms with Crippen molar-refractivity contribution in [2.24, 2.45) is 0 Å². The van der Waals surface area contributed by atoms with Crippen LogP contribution in [0.25, 0.3) is 0 Å². The standard InChI is InChI=1S/C16H23NO4/c1-16(2,3)17-10-11-9-12(19-4)5-6-13(11)21-14-7-8-20-15(14)18/h5-6,9,14,17H,7-8,10H2,1-4H3. The molecule has 0 spiro atoms. The number of hydrogen-bond donors (Lipinski definition) is 1. The van der Waals surface area contributed by atoms with E-state index in [1.54, 1.807) is 7.11 Å². The van der Waals surface area contributed by atoms with Crippen LogP contribution in [0.1, 0.15) is 32.8 Å². The Morgan fingerprint density at radius 3 is 2.71 bits per heavy atom. The summed E-state index contributed by atoms with van der Waals surface area (Å²) in [5.74, 6) is 1.17. The molecule has 1 heterocycles. The van der Waals surface area contributed by atoms with Crippen molar-refractivity contribution >= 4 is 5.97 Å². The molecule has 2 rings (SSSR count). The maximum atomic E-state index is 11.5. The molecule has 116 valence electrons. The number of esters is 1. The van der Waals surface area contributed by atoms with Crippen LogP contribution in [0.5, 0.6) is 11.5 Å². The summed E-state index contributed by atoms with van der Waals surface area (Å²) in [5.41, 5.74) is 0.955. The van der Waals surface area contributed by atoms with E-state index < -0.39 is 6.10 Å². The maximum absolute atomic E-state index is 11.5. The van der Waals surface area contributed by atoms with Gasteiger partial charge in [-0.2, -0.15) is 0 Å². The molecule has 5 heteroatoms. The van der Waals surface area contributed by atoms with Gasteiger partial charge in [0.25, 0.3) is 0 Å². The largest absolute Gasteiger partial charge is 0.497 e. The number of nitrogens with one attached hydrogen (secondary N) is 1. The van der Waals surface area contributed by atoms with E-state index in [9.17, 15) is 4.79 Å². The van der Waals surface area contributed by atoms with Crippen LogP contribution in [0.3, 0.4) is 0 Å². The van der Waals surface area contributed by atoms with Crippen LogP contribution in [0.4, 0.5) is 0 Å². The lowest BCUT2D eigenvalue weighted by atomic mass is 10.1. The van der Waals surface area contributed by atoms with E-state index in [-0.39, 0.29) is 11.5 Å². The van der Waals surface area contributed by atoms with Crippen molar-refractivity contribution in [3.05, 3.63) is 23.8 Å². The van der Waals surface area contributed by atoms with Gasteiger partial charge in [0.15, 0.2) is 6.10 Å². The van der Waals surface area contributed by atoms with Crippen molar-refractivity contribution in [1.82, 2.24) is 5.32 Å². The number of benzene rings is 1. The number of carbonyl (C=O) groups excluding carboxylic acids is 1. The molecule has 21 heavy (non-hydrogen) atoms. The van der Waals surface area contributed by atoms with E-state index in [1.165, 1.54) is 0 Å². The summed E-state index contributed by atoms with van der Waals surface area (Å²) in [6.45, 7) is 7.36. The molecule has 1 N–H and O–H groups in total. The van der Waals surface area contributed by atoms with Gasteiger partial charge in [0, 0.05) is 24.1 Å². The zero-order valence-electron chi connectivity index (χ0n) is 13.1. The summed E-state index contributed by atoms with van der Waals surface area (Å²) < 4.78 is 16.0. The molecule has 0 amide bonds. The highest BCUT2D eigenvalue weighted by Gasteiger charge is 2.29. The van der Waals surface area contributed by atoms with Crippen LogP contribution in [-0.4, -0.2) is 31.3 Å². The predicted octanol–water partition coefficient (Wildman–Crippen LogP) is 2.28. The molecule has 1 aliphatic heterocycles. The number of ether oxygens (including phenoxy) is 3. The third-order valence-electron chi connectivity index (χ3n) is 3.23. The molecule has 1 saturated heterocycles. The third-order valence-corrected chi connectivity index (χ3v) is 3.23. The van der Waals surface area contributed by atoms with E-state index >= 15 is 0 Å². The first-order valence-corrected chi connectivity index (χ1v) is 7.14. The van der Waals surface area contributed by atoms with Gasteiger partial charge in [-0.3, -0.25) is 0 Å².